The molecule has 0 saturated carbocycles. The molecule has 0 saturated heterocycles. The van der Waals surface area contributed by atoms with Gasteiger partial charge in [0.2, 0.25) is 0 Å². The van der Waals surface area contributed by atoms with Crippen molar-refractivity contribution in [1.29, 1.82) is 0 Å². The summed E-state index contributed by atoms with van der Waals surface area (Å²) >= 11 is 0. The first-order valence-corrected chi connectivity index (χ1v) is 6.63. The Morgan fingerprint density at radius 3 is 2.53 bits per heavy atom. The van der Waals surface area contributed by atoms with Crippen LogP contribution in [-0.2, 0) is 0 Å². The summed E-state index contributed by atoms with van der Waals surface area (Å²) in [6, 6.07) is 10.0. The van der Waals surface area contributed by atoms with E-state index in [-0.39, 0.29) is 0 Å². The van der Waals surface area contributed by atoms with Crippen molar-refractivity contribution in [3.8, 4) is 0 Å². The molecule has 2 atom stereocenters. The highest BCUT2D eigenvalue weighted by atomic mass is 15.1. The molecule has 0 amide bonds. The number of hydrogen-bond donors (Lipinski definition) is 0. The van der Waals surface area contributed by atoms with Crippen molar-refractivity contribution in [2.75, 3.05) is 7.05 Å². The number of nitrogens with zero attached hydrogens (tertiary/aromatic N) is 1. The van der Waals surface area contributed by atoms with Crippen molar-refractivity contribution >= 4 is 0 Å². The van der Waals surface area contributed by atoms with Gasteiger partial charge in [-0.15, -0.1) is 0 Å². The lowest BCUT2D eigenvalue weighted by atomic mass is 9.98. The molecule has 0 fully saturated rings. The largest absolute Gasteiger partial charge is 0.293 e. The molecular weight excluding hydrogens is 206 g/mol. The van der Waals surface area contributed by atoms with Gasteiger partial charge in [-0.3, -0.25) is 4.90 Å². The van der Waals surface area contributed by atoms with E-state index in [9.17, 15) is 0 Å². The minimum atomic E-state index is 0.489. The zero-order chi connectivity index (χ0) is 12.3. The fourth-order valence-electron chi connectivity index (χ4n) is 2.50. The number of allylic oxidation sites excluding steroid dienone is 1. The van der Waals surface area contributed by atoms with Crippen LogP contribution in [0.5, 0.6) is 0 Å². The molecule has 92 valence electrons. The first-order chi connectivity index (χ1) is 8.18. The van der Waals surface area contributed by atoms with E-state index in [4.69, 9.17) is 0 Å². The maximum Gasteiger partial charge on any atom is 0.0322 e. The van der Waals surface area contributed by atoms with Gasteiger partial charge in [0.1, 0.15) is 0 Å². The second kappa shape index (κ2) is 5.50. The Balaban J connectivity index is 2.08. The Kier molecular flexibility index (Phi) is 4.01. The van der Waals surface area contributed by atoms with Crippen LogP contribution >= 0.6 is 0 Å². The van der Waals surface area contributed by atoms with Crippen molar-refractivity contribution in [3.63, 3.8) is 0 Å². The van der Waals surface area contributed by atoms with E-state index < -0.39 is 0 Å². The lowest BCUT2D eigenvalue weighted by Crippen LogP contribution is -2.33. The van der Waals surface area contributed by atoms with Gasteiger partial charge in [0.25, 0.3) is 0 Å². The molecule has 1 nitrogen and oxygen atoms in total. The molecule has 2 unspecified atom stereocenters. The van der Waals surface area contributed by atoms with Gasteiger partial charge < -0.3 is 0 Å². The molecule has 0 heterocycles. The van der Waals surface area contributed by atoms with Crippen LogP contribution < -0.4 is 0 Å². The van der Waals surface area contributed by atoms with Crippen LogP contribution in [0, 0.1) is 6.92 Å². The molecule has 0 N–H and O–H groups in total. The van der Waals surface area contributed by atoms with Crippen LogP contribution in [0.15, 0.2) is 36.4 Å². The van der Waals surface area contributed by atoms with Gasteiger partial charge in [0.15, 0.2) is 0 Å². The van der Waals surface area contributed by atoms with Crippen molar-refractivity contribution in [2.24, 2.45) is 0 Å². The van der Waals surface area contributed by atoms with Crippen molar-refractivity contribution in [3.05, 3.63) is 47.5 Å². The van der Waals surface area contributed by atoms with Crippen LogP contribution in [0.1, 0.15) is 43.4 Å². The predicted molar refractivity (Wildman–Crippen MR) is 74.1 cm³/mol. The Labute approximate surface area is 105 Å². The molecule has 0 radical (unpaired) electrons. The molecule has 1 heteroatoms. The minimum absolute atomic E-state index is 0.489. The lowest BCUT2D eigenvalue weighted by Gasteiger charge is -2.33. The van der Waals surface area contributed by atoms with E-state index in [1.54, 1.807) is 0 Å². The SMILES string of the molecule is Cc1ccc(C(C)N(C)C2C=CCCC2)cc1. The van der Waals surface area contributed by atoms with Gasteiger partial charge in [-0.1, -0.05) is 42.0 Å². The highest BCUT2D eigenvalue weighted by Gasteiger charge is 2.19. The molecule has 17 heavy (non-hydrogen) atoms. The third kappa shape index (κ3) is 2.98. The van der Waals surface area contributed by atoms with Crippen molar-refractivity contribution < 1.29 is 0 Å². The van der Waals surface area contributed by atoms with Crippen LogP contribution in [-0.4, -0.2) is 18.0 Å². The number of benzene rings is 1. The van der Waals surface area contributed by atoms with E-state index in [1.807, 2.05) is 0 Å². The molecule has 1 aliphatic rings. The van der Waals surface area contributed by atoms with Gasteiger partial charge in [0.05, 0.1) is 0 Å². The van der Waals surface area contributed by atoms with Crippen LogP contribution in [0.2, 0.25) is 0 Å². The number of aryl methyl sites for hydroxylation is 1. The molecule has 0 aliphatic heterocycles. The average Bonchev–Trinajstić information content (AvgIpc) is 2.39. The molecule has 0 spiro atoms. The molecular formula is C16H23N. The Bertz CT molecular complexity index is 377. The van der Waals surface area contributed by atoms with Gasteiger partial charge >= 0.3 is 0 Å². The predicted octanol–water partition coefficient (Wildman–Crippen LogP) is 4.10. The topological polar surface area (TPSA) is 3.24 Å². The number of hydrogen-bond acceptors (Lipinski definition) is 1. The maximum absolute atomic E-state index is 2.49. The second-order valence-electron chi connectivity index (χ2n) is 5.18. The summed E-state index contributed by atoms with van der Waals surface area (Å²) in [5, 5.41) is 0. The maximum atomic E-state index is 2.49. The minimum Gasteiger partial charge on any atom is -0.293 e. The Hall–Kier alpha value is -1.08. The smallest absolute Gasteiger partial charge is 0.0322 e. The van der Waals surface area contributed by atoms with E-state index >= 15 is 0 Å². The molecule has 0 bridgehead atoms. The summed E-state index contributed by atoms with van der Waals surface area (Å²) in [6.45, 7) is 4.44. The molecule has 0 aromatic heterocycles. The molecule has 1 aromatic carbocycles. The normalized spacial score (nSPS) is 21.8. The first-order valence-electron chi connectivity index (χ1n) is 6.63. The third-order valence-corrected chi connectivity index (χ3v) is 3.92. The standard InChI is InChI=1S/C16H23N/c1-13-9-11-15(12-10-13)14(2)17(3)16-7-5-4-6-8-16/h5,7,9-12,14,16H,4,6,8H2,1-3H3. The average molecular weight is 229 g/mol. The Morgan fingerprint density at radius 1 is 1.24 bits per heavy atom. The van der Waals surface area contributed by atoms with Gasteiger partial charge in [-0.05, 0) is 45.7 Å². The van der Waals surface area contributed by atoms with E-state index in [0.29, 0.717) is 12.1 Å². The van der Waals surface area contributed by atoms with Crippen LogP contribution in [0.3, 0.4) is 0 Å². The zero-order valence-corrected chi connectivity index (χ0v) is 11.2. The first kappa shape index (κ1) is 12.4. The molecule has 1 aromatic rings. The van der Waals surface area contributed by atoms with E-state index in [2.05, 4.69) is 62.2 Å². The van der Waals surface area contributed by atoms with Crippen molar-refractivity contribution in [1.82, 2.24) is 4.90 Å². The molecule has 1 aliphatic carbocycles. The van der Waals surface area contributed by atoms with Crippen LogP contribution in [0.25, 0.3) is 0 Å². The van der Waals surface area contributed by atoms with E-state index in [0.717, 1.165) is 0 Å². The summed E-state index contributed by atoms with van der Waals surface area (Å²) in [6.07, 6.45) is 8.57. The zero-order valence-electron chi connectivity index (χ0n) is 11.2. The van der Waals surface area contributed by atoms with Gasteiger partial charge in [-0.25, -0.2) is 0 Å². The number of rotatable bonds is 3. The second-order valence-corrected chi connectivity index (χ2v) is 5.18. The summed E-state index contributed by atoms with van der Waals surface area (Å²) in [7, 11) is 2.24. The fraction of sp³-hybridized carbons (Fsp3) is 0.500. The van der Waals surface area contributed by atoms with Crippen molar-refractivity contribution in [2.45, 2.75) is 45.2 Å². The highest BCUT2D eigenvalue weighted by molar-refractivity contribution is 5.24. The highest BCUT2D eigenvalue weighted by Crippen LogP contribution is 2.25. The van der Waals surface area contributed by atoms with E-state index in [1.165, 1.54) is 30.4 Å². The van der Waals surface area contributed by atoms with Gasteiger partial charge in [0, 0.05) is 12.1 Å². The van der Waals surface area contributed by atoms with Crippen LogP contribution in [0.4, 0.5) is 0 Å². The summed E-state index contributed by atoms with van der Waals surface area (Å²) in [5.74, 6) is 0. The Morgan fingerprint density at radius 2 is 1.94 bits per heavy atom. The lowest BCUT2D eigenvalue weighted by molar-refractivity contribution is 0.202. The summed E-state index contributed by atoms with van der Waals surface area (Å²) in [5.41, 5.74) is 2.75. The summed E-state index contributed by atoms with van der Waals surface area (Å²) < 4.78 is 0. The number of likely N-dealkylation sites (N-methyl/N-ethyl adjacent to an activating group) is 1. The summed E-state index contributed by atoms with van der Waals surface area (Å²) in [4.78, 5) is 2.49. The fourth-order valence-corrected chi connectivity index (χ4v) is 2.50. The monoisotopic (exact) mass is 229 g/mol. The molecule has 2 rings (SSSR count). The van der Waals surface area contributed by atoms with Gasteiger partial charge in [-0.2, -0.15) is 0 Å². The third-order valence-electron chi connectivity index (χ3n) is 3.92. The quantitative estimate of drug-likeness (QED) is 0.705.